The second-order valence-corrected chi connectivity index (χ2v) is 5.98. The molecule has 2 aromatic carbocycles. The minimum atomic E-state index is -0.516. The molecule has 0 aromatic heterocycles. The van der Waals surface area contributed by atoms with Crippen LogP contribution < -0.4 is 5.32 Å². The lowest BCUT2D eigenvalue weighted by Gasteiger charge is -2.34. The SMILES string of the molecule is COC(=O)[C@H]1Cc2ccccc2CN1CC(=O)Nc1cccc(F)c1. The van der Waals surface area contributed by atoms with Crippen molar-refractivity contribution in [2.24, 2.45) is 0 Å². The van der Waals surface area contributed by atoms with Crippen molar-refractivity contribution >= 4 is 17.6 Å². The molecule has 1 N–H and O–H groups in total. The van der Waals surface area contributed by atoms with Gasteiger partial charge in [-0.1, -0.05) is 30.3 Å². The molecule has 3 rings (SSSR count). The second-order valence-electron chi connectivity index (χ2n) is 5.98. The van der Waals surface area contributed by atoms with Gasteiger partial charge in [-0.2, -0.15) is 0 Å². The summed E-state index contributed by atoms with van der Waals surface area (Å²) < 4.78 is 18.1. The third-order valence-corrected chi connectivity index (χ3v) is 4.27. The van der Waals surface area contributed by atoms with Crippen LogP contribution >= 0.6 is 0 Å². The number of carbonyl (C=O) groups is 2. The Balaban J connectivity index is 1.74. The van der Waals surface area contributed by atoms with E-state index in [0.29, 0.717) is 18.7 Å². The Morgan fingerprint density at radius 2 is 1.96 bits per heavy atom. The molecule has 0 bridgehead atoms. The molecule has 0 saturated heterocycles. The number of fused-ring (bicyclic) bond motifs is 1. The number of nitrogens with zero attached hydrogens (tertiary/aromatic N) is 1. The topological polar surface area (TPSA) is 58.6 Å². The largest absolute Gasteiger partial charge is 0.468 e. The van der Waals surface area contributed by atoms with Crippen molar-refractivity contribution in [2.45, 2.75) is 19.0 Å². The average Bonchev–Trinajstić information content (AvgIpc) is 2.60. The van der Waals surface area contributed by atoms with Gasteiger partial charge in [0.15, 0.2) is 0 Å². The Labute approximate surface area is 145 Å². The molecule has 2 aromatic rings. The van der Waals surface area contributed by atoms with E-state index >= 15 is 0 Å². The van der Waals surface area contributed by atoms with Gasteiger partial charge in [0.1, 0.15) is 11.9 Å². The molecule has 0 aliphatic carbocycles. The highest BCUT2D eigenvalue weighted by Crippen LogP contribution is 2.24. The van der Waals surface area contributed by atoms with Gasteiger partial charge in [0.2, 0.25) is 5.91 Å². The normalized spacial score (nSPS) is 16.8. The predicted octanol–water partition coefficient (Wildman–Crippen LogP) is 2.36. The molecule has 0 fully saturated rings. The number of ether oxygens (including phenoxy) is 1. The van der Waals surface area contributed by atoms with Crippen LogP contribution in [-0.2, 0) is 27.3 Å². The first kappa shape index (κ1) is 17.1. The molecule has 1 atom stereocenters. The Bertz CT molecular complexity index is 794. The van der Waals surface area contributed by atoms with E-state index in [-0.39, 0.29) is 18.4 Å². The van der Waals surface area contributed by atoms with Crippen molar-refractivity contribution in [1.29, 1.82) is 0 Å². The number of esters is 1. The number of hydrogen-bond donors (Lipinski definition) is 1. The second kappa shape index (κ2) is 7.44. The van der Waals surface area contributed by atoms with Crippen LogP contribution in [0.2, 0.25) is 0 Å². The molecule has 1 heterocycles. The van der Waals surface area contributed by atoms with Crippen LogP contribution in [0.25, 0.3) is 0 Å². The van der Waals surface area contributed by atoms with Crippen molar-refractivity contribution in [3.8, 4) is 0 Å². The van der Waals surface area contributed by atoms with Crippen LogP contribution in [0.3, 0.4) is 0 Å². The van der Waals surface area contributed by atoms with E-state index in [1.54, 1.807) is 11.0 Å². The highest BCUT2D eigenvalue weighted by Gasteiger charge is 2.33. The first-order valence-corrected chi connectivity index (χ1v) is 8.01. The maximum absolute atomic E-state index is 13.2. The average molecular weight is 342 g/mol. The number of benzene rings is 2. The highest BCUT2D eigenvalue weighted by atomic mass is 19.1. The Hall–Kier alpha value is -2.73. The summed E-state index contributed by atoms with van der Waals surface area (Å²) in [6, 6.07) is 13.0. The maximum atomic E-state index is 13.2. The van der Waals surface area contributed by atoms with E-state index in [2.05, 4.69) is 5.32 Å². The molecule has 1 aliphatic heterocycles. The van der Waals surface area contributed by atoms with E-state index in [1.807, 2.05) is 24.3 Å². The quantitative estimate of drug-likeness (QED) is 0.867. The number of nitrogens with one attached hydrogen (secondary N) is 1. The minimum Gasteiger partial charge on any atom is -0.468 e. The molecule has 1 aliphatic rings. The fourth-order valence-electron chi connectivity index (χ4n) is 3.06. The summed E-state index contributed by atoms with van der Waals surface area (Å²) >= 11 is 0. The molecule has 6 heteroatoms. The first-order valence-electron chi connectivity index (χ1n) is 8.01. The van der Waals surface area contributed by atoms with Crippen LogP contribution in [0.15, 0.2) is 48.5 Å². The number of rotatable bonds is 4. The molecule has 5 nitrogen and oxygen atoms in total. The van der Waals surface area contributed by atoms with Crippen LogP contribution in [-0.4, -0.2) is 36.5 Å². The van der Waals surface area contributed by atoms with Crippen LogP contribution in [0, 0.1) is 5.82 Å². The number of methoxy groups -OCH3 is 1. The predicted molar refractivity (Wildman–Crippen MR) is 91.4 cm³/mol. The molecule has 0 spiro atoms. The number of halogens is 1. The standard InChI is InChI=1S/C19H19FN2O3/c1-25-19(24)17-9-13-5-2-3-6-14(13)11-22(17)12-18(23)21-16-8-4-7-15(20)10-16/h2-8,10,17H,9,11-12H2,1H3,(H,21,23)/t17-/m1/s1. The van der Waals surface area contributed by atoms with Crippen molar-refractivity contribution in [3.05, 3.63) is 65.5 Å². The molecule has 0 unspecified atom stereocenters. The summed E-state index contributed by atoms with van der Waals surface area (Å²) in [5.74, 6) is -1.09. The number of carbonyl (C=O) groups excluding carboxylic acids is 2. The van der Waals surface area contributed by atoms with Gasteiger partial charge in [-0.15, -0.1) is 0 Å². The van der Waals surface area contributed by atoms with E-state index in [1.165, 1.54) is 25.3 Å². The summed E-state index contributed by atoms with van der Waals surface area (Å²) in [6.07, 6.45) is 0.496. The molecule has 0 radical (unpaired) electrons. The van der Waals surface area contributed by atoms with Gasteiger partial charge in [-0.05, 0) is 35.7 Å². The Morgan fingerprint density at radius 3 is 2.68 bits per heavy atom. The maximum Gasteiger partial charge on any atom is 0.323 e. The van der Waals surface area contributed by atoms with Gasteiger partial charge >= 0.3 is 5.97 Å². The fraction of sp³-hybridized carbons (Fsp3) is 0.263. The monoisotopic (exact) mass is 342 g/mol. The highest BCUT2D eigenvalue weighted by molar-refractivity contribution is 5.92. The van der Waals surface area contributed by atoms with Gasteiger partial charge in [-0.3, -0.25) is 14.5 Å². The third kappa shape index (κ3) is 4.03. The molecular formula is C19H19FN2O3. The first-order chi connectivity index (χ1) is 12.1. The zero-order valence-electron chi connectivity index (χ0n) is 13.9. The van der Waals surface area contributed by atoms with Gasteiger partial charge in [-0.25, -0.2) is 4.39 Å². The van der Waals surface area contributed by atoms with Gasteiger partial charge < -0.3 is 10.1 Å². The van der Waals surface area contributed by atoms with Crippen molar-refractivity contribution in [2.75, 3.05) is 19.0 Å². The zero-order chi connectivity index (χ0) is 17.8. The minimum absolute atomic E-state index is 0.0185. The molecular weight excluding hydrogens is 323 g/mol. The van der Waals surface area contributed by atoms with Crippen molar-refractivity contribution < 1.29 is 18.7 Å². The fourth-order valence-corrected chi connectivity index (χ4v) is 3.06. The van der Waals surface area contributed by atoms with Crippen LogP contribution in [0.5, 0.6) is 0 Å². The third-order valence-electron chi connectivity index (χ3n) is 4.27. The lowest BCUT2D eigenvalue weighted by atomic mass is 9.94. The number of amides is 1. The molecule has 0 saturated carbocycles. The van der Waals surface area contributed by atoms with Crippen LogP contribution in [0.1, 0.15) is 11.1 Å². The Morgan fingerprint density at radius 1 is 1.20 bits per heavy atom. The summed E-state index contributed by atoms with van der Waals surface area (Å²) in [7, 11) is 1.34. The molecule has 130 valence electrons. The summed E-state index contributed by atoms with van der Waals surface area (Å²) in [4.78, 5) is 26.2. The number of hydrogen-bond acceptors (Lipinski definition) is 4. The zero-order valence-corrected chi connectivity index (χ0v) is 13.9. The van der Waals surface area contributed by atoms with E-state index in [0.717, 1.165) is 11.1 Å². The Kier molecular flexibility index (Phi) is 5.09. The molecule has 25 heavy (non-hydrogen) atoms. The van der Waals surface area contributed by atoms with Crippen molar-refractivity contribution in [3.63, 3.8) is 0 Å². The summed E-state index contributed by atoms with van der Waals surface area (Å²) in [6.45, 7) is 0.497. The van der Waals surface area contributed by atoms with E-state index < -0.39 is 11.9 Å². The smallest absolute Gasteiger partial charge is 0.323 e. The van der Waals surface area contributed by atoms with E-state index in [4.69, 9.17) is 4.74 Å². The summed E-state index contributed by atoms with van der Waals surface area (Å²) in [5, 5.41) is 2.66. The van der Waals surface area contributed by atoms with Gasteiger partial charge in [0.25, 0.3) is 0 Å². The van der Waals surface area contributed by atoms with Gasteiger partial charge in [0.05, 0.1) is 13.7 Å². The number of anilines is 1. The van der Waals surface area contributed by atoms with Crippen molar-refractivity contribution in [1.82, 2.24) is 4.90 Å². The molecule has 1 amide bonds. The lowest BCUT2D eigenvalue weighted by Crippen LogP contribution is -2.49. The summed E-state index contributed by atoms with van der Waals surface area (Å²) in [5.41, 5.74) is 2.55. The van der Waals surface area contributed by atoms with E-state index in [9.17, 15) is 14.0 Å². The van der Waals surface area contributed by atoms with Crippen LogP contribution in [0.4, 0.5) is 10.1 Å². The lowest BCUT2D eigenvalue weighted by molar-refractivity contribution is -0.148. The van der Waals surface area contributed by atoms with Gasteiger partial charge in [0, 0.05) is 12.2 Å².